The highest BCUT2D eigenvalue weighted by molar-refractivity contribution is 5.95. The molecule has 0 radical (unpaired) electrons. The Morgan fingerprint density at radius 3 is 2.59 bits per heavy atom. The van der Waals surface area contributed by atoms with E-state index in [1.165, 1.54) is 0 Å². The van der Waals surface area contributed by atoms with Crippen molar-refractivity contribution >= 4 is 27.6 Å². The highest BCUT2D eigenvalue weighted by Crippen LogP contribution is 2.30. The van der Waals surface area contributed by atoms with Crippen LogP contribution in [-0.2, 0) is 0 Å². The van der Waals surface area contributed by atoms with Gasteiger partial charge in [-0.25, -0.2) is 9.97 Å². The predicted molar refractivity (Wildman–Crippen MR) is 149 cm³/mol. The van der Waals surface area contributed by atoms with Gasteiger partial charge in [0.05, 0.1) is 22.4 Å². The van der Waals surface area contributed by atoms with Crippen LogP contribution in [0.15, 0.2) is 91.7 Å². The summed E-state index contributed by atoms with van der Waals surface area (Å²) in [5, 5.41) is 11.0. The quantitative estimate of drug-likeness (QED) is 0.225. The van der Waals surface area contributed by atoms with Gasteiger partial charge in [-0.3, -0.25) is 15.1 Å². The maximum atomic E-state index is 4.96. The molecule has 0 aliphatic carbocycles. The van der Waals surface area contributed by atoms with Crippen LogP contribution in [0.5, 0.6) is 0 Å². The lowest BCUT2D eigenvalue weighted by atomic mass is 10.1. The van der Waals surface area contributed by atoms with Gasteiger partial charge in [0.25, 0.3) is 0 Å². The molecule has 0 saturated carbocycles. The summed E-state index contributed by atoms with van der Waals surface area (Å²) in [4.78, 5) is 22.0. The molecule has 5 heterocycles. The SMILES string of the molecule is C=C/C(=C\C(=C/C)c1ccc2[nH]nc(-c3nc4c(-c5cccnc5)nccc4[nH]3)c2n1)NC(=C)C(C)C. The molecule has 37 heavy (non-hydrogen) atoms. The maximum Gasteiger partial charge on any atom is 0.161 e. The fraction of sp³-hybridized carbons (Fsp3) is 0.138. The van der Waals surface area contributed by atoms with Crippen LogP contribution in [0, 0.1) is 5.92 Å². The molecule has 0 aliphatic rings. The largest absolute Gasteiger partial charge is 0.359 e. The number of allylic oxidation sites excluding steroid dienone is 5. The number of H-pyrrole nitrogens is 2. The van der Waals surface area contributed by atoms with Gasteiger partial charge in [-0.15, -0.1) is 0 Å². The van der Waals surface area contributed by atoms with E-state index < -0.39 is 0 Å². The fourth-order valence-electron chi connectivity index (χ4n) is 3.93. The van der Waals surface area contributed by atoms with Gasteiger partial charge in [-0.2, -0.15) is 5.10 Å². The summed E-state index contributed by atoms with van der Waals surface area (Å²) in [6.07, 6.45) is 11.1. The average Bonchev–Trinajstić information content (AvgIpc) is 3.54. The third-order valence-corrected chi connectivity index (χ3v) is 6.11. The number of fused-ring (bicyclic) bond motifs is 2. The third kappa shape index (κ3) is 4.69. The average molecular weight is 489 g/mol. The molecule has 8 heteroatoms. The van der Waals surface area contributed by atoms with Crippen molar-refractivity contribution < 1.29 is 0 Å². The lowest BCUT2D eigenvalue weighted by Crippen LogP contribution is -2.14. The molecule has 3 N–H and O–H groups in total. The molecule has 8 nitrogen and oxygen atoms in total. The maximum absolute atomic E-state index is 4.96. The summed E-state index contributed by atoms with van der Waals surface area (Å²) < 4.78 is 0. The highest BCUT2D eigenvalue weighted by atomic mass is 15.2. The monoisotopic (exact) mass is 488 g/mol. The minimum atomic E-state index is 0.304. The Morgan fingerprint density at radius 2 is 1.86 bits per heavy atom. The lowest BCUT2D eigenvalue weighted by molar-refractivity contribution is 0.710. The van der Waals surface area contributed by atoms with Crippen LogP contribution < -0.4 is 5.32 Å². The lowest BCUT2D eigenvalue weighted by Gasteiger charge is -2.14. The van der Waals surface area contributed by atoms with Gasteiger partial charge in [0, 0.05) is 35.5 Å². The second-order valence-corrected chi connectivity index (χ2v) is 8.90. The van der Waals surface area contributed by atoms with E-state index in [2.05, 4.69) is 57.5 Å². The Morgan fingerprint density at radius 1 is 1.03 bits per heavy atom. The number of aromatic nitrogens is 7. The fourth-order valence-corrected chi connectivity index (χ4v) is 3.93. The minimum absolute atomic E-state index is 0.304. The van der Waals surface area contributed by atoms with E-state index in [4.69, 9.17) is 9.97 Å². The van der Waals surface area contributed by atoms with E-state index in [0.717, 1.165) is 56.0 Å². The second kappa shape index (κ2) is 10.0. The first kappa shape index (κ1) is 23.9. The number of nitrogens with zero attached hydrogens (tertiary/aromatic N) is 5. The molecule has 184 valence electrons. The van der Waals surface area contributed by atoms with E-state index in [-0.39, 0.29) is 0 Å². The van der Waals surface area contributed by atoms with Gasteiger partial charge in [-0.05, 0) is 60.9 Å². The zero-order chi connectivity index (χ0) is 25.9. The van der Waals surface area contributed by atoms with Crippen LogP contribution in [0.25, 0.3) is 50.4 Å². The van der Waals surface area contributed by atoms with Crippen molar-refractivity contribution in [1.82, 2.24) is 40.4 Å². The summed E-state index contributed by atoms with van der Waals surface area (Å²) in [5.41, 5.74) is 8.98. The van der Waals surface area contributed by atoms with Crippen molar-refractivity contribution in [3.63, 3.8) is 0 Å². The van der Waals surface area contributed by atoms with Crippen molar-refractivity contribution in [2.45, 2.75) is 20.8 Å². The van der Waals surface area contributed by atoms with Crippen molar-refractivity contribution in [1.29, 1.82) is 0 Å². The molecule has 0 saturated heterocycles. The molecule has 0 amide bonds. The van der Waals surface area contributed by atoms with Crippen molar-refractivity contribution in [3.05, 3.63) is 97.4 Å². The third-order valence-electron chi connectivity index (χ3n) is 6.11. The first-order valence-electron chi connectivity index (χ1n) is 12.1. The van der Waals surface area contributed by atoms with Gasteiger partial charge in [0.15, 0.2) is 11.5 Å². The standard InChI is InChI=1S/C29H28N8/c1-6-19(15-21(7-2)32-18(5)17(3)4)22-10-11-24-27(33-22)28(37-36-24)29-34-23-12-14-31-25(26(23)35-29)20-9-8-13-30-16-20/h6-17,32H,2,5H2,1,3-4H3,(H,34,35)(H,36,37)/b19-6+,21-15+. The van der Waals surface area contributed by atoms with E-state index >= 15 is 0 Å². The van der Waals surface area contributed by atoms with Crippen LogP contribution in [0.1, 0.15) is 26.5 Å². The Bertz CT molecular complexity index is 1670. The number of hydrogen-bond donors (Lipinski definition) is 3. The van der Waals surface area contributed by atoms with Crippen molar-refractivity contribution in [2.75, 3.05) is 0 Å². The van der Waals surface area contributed by atoms with Gasteiger partial charge < -0.3 is 10.3 Å². The molecule has 5 rings (SSSR count). The van der Waals surface area contributed by atoms with Crippen LogP contribution >= 0.6 is 0 Å². The Kier molecular flexibility index (Phi) is 6.47. The highest BCUT2D eigenvalue weighted by Gasteiger charge is 2.17. The molecule has 0 atom stereocenters. The first-order chi connectivity index (χ1) is 18.0. The van der Waals surface area contributed by atoms with Gasteiger partial charge in [-0.1, -0.05) is 33.1 Å². The van der Waals surface area contributed by atoms with E-state index in [0.29, 0.717) is 17.4 Å². The topological polar surface area (TPSA) is 108 Å². The number of imidazole rings is 1. The summed E-state index contributed by atoms with van der Waals surface area (Å²) in [6, 6.07) is 9.70. The van der Waals surface area contributed by atoms with E-state index in [1.54, 1.807) is 24.7 Å². The molecule has 0 aromatic carbocycles. The summed E-state index contributed by atoms with van der Waals surface area (Å²) in [7, 11) is 0. The molecule has 0 bridgehead atoms. The first-order valence-corrected chi connectivity index (χ1v) is 12.1. The second-order valence-electron chi connectivity index (χ2n) is 8.90. The molecular weight excluding hydrogens is 460 g/mol. The molecule has 0 unspecified atom stereocenters. The van der Waals surface area contributed by atoms with Crippen molar-refractivity contribution in [2.24, 2.45) is 5.92 Å². The number of pyridine rings is 3. The number of rotatable bonds is 8. The zero-order valence-corrected chi connectivity index (χ0v) is 21.1. The van der Waals surface area contributed by atoms with Crippen LogP contribution in [-0.4, -0.2) is 35.1 Å². The summed E-state index contributed by atoms with van der Waals surface area (Å²) >= 11 is 0. The van der Waals surface area contributed by atoms with Crippen LogP contribution in [0.3, 0.4) is 0 Å². The van der Waals surface area contributed by atoms with Crippen LogP contribution in [0.4, 0.5) is 0 Å². The van der Waals surface area contributed by atoms with Crippen LogP contribution in [0.2, 0.25) is 0 Å². The molecule has 0 fully saturated rings. The number of aromatic amines is 2. The molecule has 0 spiro atoms. The minimum Gasteiger partial charge on any atom is -0.359 e. The summed E-state index contributed by atoms with van der Waals surface area (Å²) in [6.45, 7) is 14.2. The smallest absolute Gasteiger partial charge is 0.161 e. The Balaban J connectivity index is 1.56. The Hall–Kier alpha value is -4.85. The van der Waals surface area contributed by atoms with Crippen molar-refractivity contribution in [3.8, 4) is 22.8 Å². The zero-order valence-electron chi connectivity index (χ0n) is 21.1. The molecular formula is C29H28N8. The van der Waals surface area contributed by atoms with Gasteiger partial charge in [0.2, 0.25) is 0 Å². The molecule has 0 aliphatic heterocycles. The predicted octanol–water partition coefficient (Wildman–Crippen LogP) is 6.19. The molecule has 5 aromatic heterocycles. The normalized spacial score (nSPS) is 12.4. The van der Waals surface area contributed by atoms with E-state index in [1.807, 2.05) is 49.4 Å². The van der Waals surface area contributed by atoms with Gasteiger partial charge >= 0.3 is 0 Å². The number of nitrogens with one attached hydrogen (secondary N) is 3. The Labute approximate surface area is 215 Å². The van der Waals surface area contributed by atoms with Gasteiger partial charge in [0.1, 0.15) is 11.0 Å². The number of hydrogen-bond acceptors (Lipinski definition) is 6. The van der Waals surface area contributed by atoms with E-state index in [9.17, 15) is 0 Å². The molecule has 5 aromatic rings. The summed E-state index contributed by atoms with van der Waals surface area (Å²) in [5.74, 6) is 0.918.